The summed E-state index contributed by atoms with van der Waals surface area (Å²) in [5, 5.41) is 7.68. The Morgan fingerprint density at radius 3 is 2.71 bits per heavy atom. The average molecular weight is 407 g/mol. The van der Waals surface area contributed by atoms with Gasteiger partial charge in [-0.05, 0) is 32.9 Å². The number of hydrogen-bond acceptors (Lipinski definition) is 5. The highest BCUT2D eigenvalue weighted by molar-refractivity contribution is 9.10. The van der Waals surface area contributed by atoms with Crippen molar-refractivity contribution in [2.45, 2.75) is 33.4 Å². The van der Waals surface area contributed by atoms with Gasteiger partial charge in [-0.2, -0.15) is 5.10 Å². The van der Waals surface area contributed by atoms with E-state index in [1.54, 1.807) is 11.3 Å². The zero-order valence-electron chi connectivity index (χ0n) is 13.9. The zero-order chi connectivity index (χ0) is 17.1. The van der Waals surface area contributed by atoms with Crippen molar-refractivity contribution in [3.63, 3.8) is 0 Å². The molecule has 0 aliphatic rings. The van der Waals surface area contributed by atoms with E-state index >= 15 is 0 Å². The highest BCUT2D eigenvalue weighted by Crippen LogP contribution is 2.22. The van der Waals surface area contributed by atoms with Crippen molar-refractivity contribution in [1.29, 1.82) is 0 Å². The van der Waals surface area contributed by atoms with Gasteiger partial charge in [-0.25, -0.2) is 14.6 Å². The lowest BCUT2D eigenvalue weighted by Crippen LogP contribution is -2.05. The van der Waals surface area contributed by atoms with E-state index < -0.39 is 0 Å². The van der Waals surface area contributed by atoms with Gasteiger partial charge in [-0.3, -0.25) is 0 Å². The highest BCUT2D eigenvalue weighted by Gasteiger charge is 2.13. The standard InChI is InChI=1S/C17H19BrN4OS/c1-4-23-11(2)17-20-15(10-24-17)9-22-12(3)19-16(21-22)13-5-7-14(18)8-6-13/h5-8,10-11H,4,9H2,1-3H3/t11-/m1/s1. The molecule has 1 aromatic carbocycles. The molecule has 0 radical (unpaired) electrons. The van der Waals surface area contributed by atoms with E-state index in [1.165, 1.54) is 0 Å². The van der Waals surface area contributed by atoms with Crippen LogP contribution in [0.5, 0.6) is 0 Å². The molecular formula is C17H19BrN4OS. The van der Waals surface area contributed by atoms with Gasteiger partial charge in [0.1, 0.15) is 16.9 Å². The van der Waals surface area contributed by atoms with Crippen molar-refractivity contribution >= 4 is 27.3 Å². The van der Waals surface area contributed by atoms with E-state index in [0.717, 1.165) is 32.4 Å². The third-order valence-corrected chi connectivity index (χ3v) is 5.19. The largest absolute Gasteiger partial charge is 0.372 e. The highest BCUT2D eigenvalue weighted by atomic mass is 79.9. The van der Waals surface area contributed by atoms with Crippen molar-refractivity contribution in [3.05, 3.63) is 50.6 Å². The lowest BCUT2D eigenvalue weighted by Gasteiger charge is -2.07. The first-order valence-corrected chi connectivity index (χ1v) is 9.47. The van der Waals surface area contributed by atoms with Crippen LogP contribution in [0.4, 0.5) is 0 Å². The fraction of sp³-hybridized carbons (Fsp3) is 0.353. The molecule has 7 heteroatoms. The van der Waals surface area contributed by atoms with Crippen LogP contribution >= 0.6 is 27.3 Å². The Bertz CT molecular complexity index is 812. The van der Waals surface area contributed by atoms with Crippen molar-refractivity contribution in [1.82, 2.24) is 19.7 Å². The summed E-state index contributed by atoms with van der Waals surface area (Å²) in [7, 11) is 0. The number of hydrogen-bond donors (Lipinski definition) is 0. The smallest absolute Gasteiger partial charge is 0.181 e. The molecule has 0 bridgehead atoms. The van der Waals surface area contributed by atoms with Gasteiger partial charge < -0.3 is 4.74 Å². The summed E-state index contributed by atoms with van der Waals surface area (Å²) in [6.07, 6.45) is 0.0314. The Balaban J connectivity index is 1.77. The van der Waals surface area contributed by atoms with Crippen LogP contribution in [0.2, 0.25) is 0 Å². The Hall–Kier alpha value is -1.57. The first-order valence-electron chi connectivity index (χ1n) is 7.80. The summed E-state index contributed by atoms with van der Waals surface area (Å²) in [4.78, 5) is 9.22. The third kappa shape index (κ3) is 3.91. The van der Waals surface area contributed by atoms with Gasteiger partial charge in [0, 0.05) is 22.0 Å². The van der Waals surface area contributed by atoms with Gasteiger partial charge in [0.05, 0.1) is 12.2 Å². The predicted molar refractivity (Wildman–Crippen MR) is 99.2 cm³/mol. The predicted octanol–water partition coefficient (Wildman–Crippen LogP) is 4.62. The minimum Gasteiger partial charge on any atom is -0.372 e. The topological polar surface area (TPSA) is 52.8 Å². The number of ether oxygens (including phenoxy) is 1. The van der Waals surface area contributed by atoms with Crippen LogP contribution in [-0.2, 0) is 11.3 Å². The van der Waals surface area contributed by atoms with Gasteiger partial charge in [0.2, 0.25) is 0 Å². The second-order valence-electron chi connectivity index (χ2n) is 5.42. The molecule has 0 aliphatic carbocycles. The van der Waals surface area contributed by atoms with Gasteiger partial charge in [-0.15, -0.1) is 11.3 Å². The van der Waals surface area contributed by atoms with Gasteiger partial charge in [0.25, 0.3) is 0 Å². The molecule has 0 aliphatic heterocycles. The Labute approximate surface area is 153 Å². The molecule has 0 amide bonds. The first-order chi connectivity index (χ1) is 11.6. The number of nitrogens with zero attached hydrogens (tertiary/aromatic N) is 4. The van der Waals surface area contributed by atoms with Crippen LogP contribution < -0.4 is 0 Å². The van der Waals surface area contributed by atoms with Crippen LogP contribution in [0.1, 0.15) is 36.5 Å². The molecule has 2 aromatic heterocycles. The van der Waals surface area contributed by atoms with Crippen molar-refractivity contribution < 1.29 is 4.74 Å². The molecule has 0 saturated heterocycles. The fourth-order valence-electron chi connectivity index (χ4n) is 2.35. The number of aromatic nitrogens is 4. The average Bonchev–Trinajstić information content (AvgIpc) is 3.16. The number of aryl methyl sites for hydroxylation is 1. The molecule has 5 nitrogen and oxygen atoms in total. The first kappa shape index (κ1) is 17.3. The molecule has 24 heavy (non-hydrogen) atoms. The van der Waals surface area contributed by atoms with E-state index in [4.69, 9.17) is 4.74 Å². The molecule has 126 valence electrons. The van der Waals surface area contributed by atoms with E-state index in [-0.39, 0.29) is 6.10 Å². The second kappa shape index (κ2) is 7.55. The summed E-state index contributed by atoms with van der Waals surface area (Å²) in [6, 6.07) is 8.00. The number of benzene rings is 1. The molecule has 0 N–H and O–H groups in total. The lowest BCUT2D eigenvalue weighted by atomic mass is 10.2. The van der Waals surface area contributed by atoms with Crippen LogP contribution in [0.15, 0.2) is 34.1 Å². The number of thiazole rings is 1. The van der Waals surface area contributed by atoms with Crippen LogP contribution in [-0.4, -0.2) is 26.4 Å². The van der Waals surface area contributed by atoms with E-state index in [2.05, 4.69) is 36.4 Å². The van der Waals surface area contributed by atoms with E-state index in [0.29, 0.717) is 13.2 Å². The molecule has 1 atom stereocenters. The zero-order valence-corrected chi connectivity index (χ0v) is 16.3. The Morgan fingerprint density at radius 1 is 1.25 bits per heavy atom. The SMILES string of the molecule is CCO[C@H](C)c1nc(Cn2nc(-c3ccc(Br)cc3)nc2C)cs1. The third-order valence-electron chi connectivity index (χ3n) is 3.60. The Morgan fingerprint density at radius 2 is 2.00 bits per heavy atom. The van der Waals surface area contributed by atoms with E-state index in [1.807, 2.05) is 49.7 Å². The van der Waals surface area contributed by atoms with Crippen molar-refractivity contribution in [3.8, 4) is 11.4 Å². The summed E-state index contributed by atoms with van der Waals surface area (Å²) in [5.74, 6) is 1.61. The second-order valence-corrected chi connectivity index (χ2v) is 7.23. The molecule has 2 heterocycles. The molecule has 0 spiro atoms. The maximum atomic E-state index is 5.60. The van der Waals surface area contributed by atoms with E-state index in [9.17, 15) is 0 Å². The summed E-state index contributed by atoms with van der Waals surface area (Å²) in [6.45, 7) is 7.29. The maximum absolute atomic E-state index is 5.60. The van der Waals surface area contributed by atoms with Gasteiger partial charge >= 0.3 is 0 Å². The molecule has 0 unspecified atom stereocenters. The summed E-state index contributed by atoms with van der Waals surface area (Å²) < 4.78 is 8.53. The normalized spacial score (nSPS) is 12.5. The summed E-state index contributed by atoms with van der Waals surface area (Å²) >= 11 is 5.07. The molecular weight excluding hydrogens is 388 g/mol. The Kier molecular flexibility index (Phi) is 5.43. The minimum atomic E-state index is 0.0314. The van der Waals surface area contributed by atoms with Gasteiger partial charge in [0.15, 0.2) is 5.82 Å². The molecule has 0 saturated carbocycles. The van der Waals surface area contributed by atoms with Crippen LogP contribution in [0.25, 0.3) is 11.4 Å². The molecule has 3 rings (SSSR count). The van der Waals surface area contributed by atoms with Crippen LogP contribution in [0, 0.1) is 6.92 Å². The molecule has 3 aromatic rings. The number of halogens is 1. The fourth-order valence-corrected chi connectivity index (χ4v) is 3.43. The maximum Gasteiger partial charge on any atom is 0.181 e. The minimum absolute atomic E-state index is 0.0314. The number of rotatable bonds is 6. The van der Waals surface area contributed by atoms with Crippen molar-refractivity contribution in [2.75, 3.05) is 6.61 Å². The monoisotopic (exact) mass is 406 g/mol. The van der Waals surface area contributed by atoms with Gasteiger partial charge in [-0.1, -0.05) is 28.1 Å². The van der Waals surface area contributed by atoms with Crippen molar-refractivity contribution in [2.24, 2.45) is 0 Å². The summed E-state index contributed by atoms with van der Waals surface area (Å²) in [5.41, 5.74) is 1.99. The van der Waals surface area contributed by atoms with Crippen LogP contribution in [0.3, 0.4) is 0 Å². The molecule has 0 fully saturated rings. The lowest BCUT2D eigenvalue weighted by molar-refractivity contribution is 0.0761. The quantitative estimate of drug-likeness (QED) is 0.599.